The molecule has 0 bridgehead atoms. The fourth-order valence-corrected chi connectivity index (χ4v) is 3.22. The number of alkyl halides is 2. The highest BCUT2D eigenvalue weighted by Gasteiger charge is 2.19. The molecule has 2 aromatic rings. The van der Waals surface area contributed by atoms with Gasteiger partial charge in [-0.15, -0.1) is 0 Å². The van der Waals surface area contributed by atoms with Gasteiger partial charge in [-0.25, -0.2) is 8.78 Å². The molecule has 2 aromatic carbocycles. The van der Waals surface area contributed by atoms with E-state index in [2.05, 4.69) is 22.6 Å². The van der Waals surface area contributed by atoms with Crippen LogP contribution in [0.2, 0.25) is 5.02 Å². The average molecular weight is 495 g/mol. The monoisotopic (exact) mass is 494 g/mol. The first-order valence-corrected chi connectivity index (χ1v) is 9.54. The van der Waals surface area contributed by atoms with Crippen molar-refractivity contribution in [2.75, 3.05) is 0 Å². The number of ether oxygens (including phenoxy) is 2. The van der Waals surface area contributed by atoms with Gasteiger partial charge in [0.2, 0.25) is 0 Å². The Hall–Kier alpha value is -1.41. The summed E-state index contributed by atoms with van der Waals surface area (Å²) in [5, 5.41) is 0.382. The second kappa shape index (κ2) is 9.50. The number of hydrogen-bond donors (Lipinski definition) is 0. The van der Waals surface area contributed by atoms with Crippen LogP contribution in [0, 0.1) is 3.57 Å². The van der Waals surface area contributed by atoms with E-state index in [1.54, 1.807) is 19.1 Å². The standard InChI is InChI=1S/C19H18ClF2IO3/c1-3-11-8-12(19(21)22)17(9-14(11)20)25-10-13-15(23)6-5-7-16(13)26-18(24)4-2/h5-9,19H,3-4,10H2,1-2H3. The predicted molar refractivity (Wildman–Crippen MR) is 105 cm³/mol. The first kappa shape index (κ1) is 20.9. The molecule has 7 heteroatoms. The van der Waals surface area contributed by atoms with Gasteiger partial charge in [0.15, 0.2) is 0 Å². The molecule has 0 aliphatic rings. The molecular formula is C19H18ClF2IO3. The van der Waals surface area contributed by atoms with E-state index >= 15 is 0 Å². The zero-order valence-corrected chi connectivity index (χ0v) is 17.2. The van der Waals surface area contributed by atoms with E-state index in [1.807, 2.05) is 13.0 Å². The summed E-state index contributed by atoms with van der Waals surface area (Å²) in [5.74, 6) is 0.00473. The van der Waals surface area contributed by atoms with Crippen LogP contribution in [0.5, 0.6) is 11.5 Å². The van der Waals surface area contributed by atoms with E-state index in [4.69, 9.17) is 21.1 Å². The van der Waals surface area contributed by atoms with Crippen molar-refractivity contribution in [3.05, 3.63) is 55.6 Å². The van der Waals surface area contributed by atoms with Crippen molar-refractivity contribution in [1.29, 1.82) is 0 Å². The van der Waals surface area contributed by atoms with Crippen molar-refractivity contribution in [1.82, 2.24) is 0 Å². The summed E-state index contributed by atoms with van der Waals surface area (Å²) in [5.41, 5.74) is 1.05. The van der Waals surface area contributed by atoms with Gasteiger partial charge in [0.25, 0.3) is 6.43 Å². The Bertz CT molecular complexity index is 797. The maximum Gasteiger partial charge on any atom is 0.310 e. The molecular weight excluding hydrogens is 477 g/mol. The first-order chi connectivity index (χ1) is 12.4. The van der Waals surface area contributed by atoms with Crippen LogP contribution < -0.4 is 9.47 Å². The summed E-state index contributed by atoms with van der Waals surface area (Å²) in [6.07, 6.45) is -1.90. The summed E-state index contributed by atoms with van der Waals surface area (Å²) in [4.78, 5) is 11.6. The SMILES string of the molecule is CCC(=O)Oc1cccc(I)c1COc1cc(Cl)c(CC)cc1C(F)F. The molecule has 0 amide bonds. The third kappa shape index (κ3) is 5.07. The molecule has 0 saturated heterocycles. The summed E-state index contributed by atoms with van der Waals surface area (Å²) >= 11 is 8.22. The molecule has 140 valence electrons. The van der Waals surface area contributed by atoms with E-state index in [-0.39, 0.29) is 30.3 Å². The molecule has 0 aromatic heterocycles. The molecule has 26 heavy (non-hydrogen) atoms. The topological polar surface area (TPSA) is 35.5 Å². The van der Waals surface area contributed by atoms with E-state index in [0.717, 1.165) is 3.57 Å². The fraction of sp³-hybridized carbons (Fsp3) is 0.316. The molecule has 0 heterocycles. The Labute approximate surface area is 169 Å². The minimum Gasteiger partial charge on any atom is -0.488 e. The molecule has 0 atom stereocenters. The van der Waals surface area contributed by atoms with Crippen molar-refractivity contribution < 1.29 is 23.0 Å². The summed E-state index contributed by atoms with van der Waals surface area (Å²) < 4.78 is 38.5. The first-order valence-electron chi connectivity index (χ1n) is 8.08. The van der Waals surface area contributed by atoms with Crippen LogP contribution in [0.25, 0.3) is 0 Å². The number of carbonyl (C=O) groups excluding carboxylic acids is 1. The van der Waals surface area contributed by atoms with Crippen molar-refractivity contribution in [3.63, 3.8) is 0 Å². The molecule has 0 unspecified atom stereocenters. The zero-order valence-electron chi connectivity index (χ0n) is 14.3. The van der Waals surface area contributed by atoms with Crippen molar-refractivity contribution in [3.8, 4) is 11.5 Å². The Morgan fingerprint density at radius 3 is 2.58 bits per heavy atom. The summed E-state index contributed by atoms with van der Waals surface area (Å²) in [6, 6.07) is 8.01. The molecule has 0 saturated carbocycles. The Kier molecular flexibility index (Phi) is 7.64. The second-order valence-corrected chi connectivity index (χ2v) is 7.04. The molecule has 2 rings (SSSR count). The van der Waals surface area contributed by atoms with Crippen molar-refractivity contribution >= 4 is 40.2 Å². The van der Waals surface area contributed by atoms with Gasteiger partial charge < -0.3 is 9.47 Å². The summed E-state index contributed by atoms with van der Waals surface area (Å²) in [7, 11) is 0. The van der Waals surface area contributed by atoms with Crippen LogP contribution in [-0.4, -0.2) is 5.97 Å². The Morgan fingerprint density at radius 2 is 1.96 bits per heavy atom. The van der Waals surface area contributed by atoms with Gasteiger partial charge in [-0.2, -0.15) is 0 Å². The van der Waals surface area contributed by atoms with Crippen LogP contribution >= 0.6 is 34.2 Å². The van der Waals surface area contributed by atoms with E-state index in [9.17, 15) is 13.6 Å². The van der Waals surface area contributed by atoms with Gasteiger partial charge in [0.05, 0.1) is 5.56 Å². The molecule has 0 N–H and O–H groups in total. The highest BCUT2D eigenvalue weighted by molar-refractivity contribution is 14.1. The molecule has 0 aliphatic heterocycles. The minimum atomic E-state index is -2.68. The van der Waals surface area contributed by atoms with Crippen molar-refractivity contribution in [2.45, 2.75) is 39.7 Å². The smallest absolute Gasteiger partial charge is 0.310 e. The number of carbonyl (C=O) groups is 1. The lowest BCUT2D eigenvalue weighted by Crippen LogP contribution is -2.10. The molecule has 0 aliphatic carbocycles. The predicted octanol–water partition coefficient (Wildman–Crippen LogP) is 6.34. The van der Waals surface area contributed by atoms with Gasteiger partial charge in [-0.1, -0.05) is 31.5 Å². The van der Waals surface area contributed by atoms with E-state index in [0.29, 0.717) is 28.3 Å². The number of rotatable bonds is 7. The largest absolute Gasteiger partial charge is 0.488 e. The van der Waals surface area contributed by atoms with Crippen LogP contribution in [0.1, 0.15) is 43.4 Å². The third-order valence-electron chi connectivity index (χ3n) is 3.76. The van der Waals surface area contributed by atoms with Gasteiger partial charge in [-0.3, -0.25) is 4.79 Å². The zero-order chi connectivity index (χ0) is 19.3. The maximum absolute atomic E-state index is 13.4. The number of esters is 1. The van der Waals surface area contributed by atoms with Crippen LogP contribution in [-0.2, 0) is 17.8 Å². The molecule has 0 radical (unpaired) electrons. The lowest BCUT2D eigenvalue weighted by atomic mass is 10.1. The fourth-order valence-electron chi connectivity index (χ4n) is 2.30. The van der Waals surface area contributed by atoms with Gasteiger partial charge in [0, 0.05) is 20.6 Å². The normalized spacial score (nSPS) is 10.9. The van der Waals surface area contributed by atoms with Gasteiger partial charge in [-0.05, 0) is 58.8 Å². The Balaban J connectivity index is 2.32. The molecule has 0 spiro atoms. The van der Waals surface area contributed by atoms with Crippen LogP contribution in [0.3, 0.4) is 0 Å². The average Bonchev–Trinajstić information content (AvgIpc) is 2.60. The quantitative estimate of drug-likeness (QED) is 0.256. The molecule has 0 fully saturated rings. The maximum atomic E-state index is 13.4. The van der Waals surface area contributed by atoms with Crippen LogP contribution in [0.15, 0.2) is 30.3 Å². The number of aryl methyl sites for hydroxylation is 1. The van der Waals surface area contributed by atoms with E-state index in [1.165, 1.54) is 12.1 Å². The highest BCUT2D eigenvalue weighted by atomic mass is 127. The lowest BCUT2D eigenvalue weighted by molar-refractivity contribution is -0.134. The second-order valence-electron chi connectivity index (χ2n) is 5.47. The lowest BCUT2D eigenvalue weighted by Gasteiger charge is -2.16. The highest BCUT2D eigenvalue weighted by Crippen LogP contribution is 2.35. The van der Waals surface area contributed by atoms with Crippen LogP contribution in [0.4, 0.5) is 8.78 Å². The number of halogens is 4. The number of benzene rings is 2. The minimum absolute atomic E-state index is 0.0209. The van der Waals surface area contributed by atoms with E-state index < -0.39 is 6.43 Å². The van der Waals surface area contributed by atoms with Crippen molar-refractivity contribution in [2.24, 2.45) is 0 Å². The van der Waals surface area contributed by atoms with Gasteiger partial charge >= 0.3 is 5.97 Å². The van der Waals surface area contributed by atoms with Gasteiger partial charge in [0.1, 0.15) is 18.1 Å². The summed E-state index contributed by atoms with van der Waals surface area (Å²) in [6.45, 7) is 3.52. The molecule has 3 nitrogen and oxygen atoms in total. The third-order valence-corrected chi connectivity index (χ3v) is 5.12. The Morgan fingerprint density at radius 1 is 1.23 bits per heavy atom. The number of hydrogen-bond acceptors (Lipinski definition) is 3.